The van der Waals surface area contributed by atoms with Crippen LogP contribution < -0.4 is 5.32 Å². The highest BCUT2D eigenvalue weighted by molar-refractivity contribution is 5.75. The number of hydrogen-bond donors (Lipinski definition) is 1. The molecule has 22 heavy (non-hydrogen) atoms. The summed E-state index contributed by atoms with van der Waals surface area (Å²) in [6.45, 7) is 4.80. The predicted octanol–water partition coefficient (Wildman–Crippen LogP) is 3.70. The highest BCUT2D eigenvalue weighted by Gasteiger charge is 2.07. The van der Waals surface area contributed by atoms with Gasteiger partial charge in [-0.1, -0.05) is 25.0 Å². The molecule has 4 nitrogen and oxygen atoms in total. The zero-order valence-corrected chi connectivity index (χ0v) is 13.3. The van der Waals surface area contributed by atoms with Crippen LogP contribution in [0.5, 0.6) is 0 Å². The minimum Gasteiger partial charge on any atom is -0.369 e. The van der Waals surface area contributed by atoms with Gasteiger partial charge in [0.2, 0.25) is 0 Å². The molecule has 1 aliphatic rings. The average molecular weight is 298 g/mol. The van der Waals surface area contributed by atoms with E-state index >= 15 is 0 Å². The van der Waals surface area contributed by atoms with Crippen LogP contribution in [0.4, 0.5) is 5.82 Å². The largest absolute Gasteiger partial charge is 0.369 e. The Labute approximate surface area is 133 Å². The third kappa shape index (κ3) is 4.41. The first-order valence-electron chi connectivity index (χ1n) is 8.60. The molecule has 1 saturated heterocycles. The molecule has 1 fully saturated rings. The van der Waals surface area contributed by atoms with E-state index in [0.29, 0.717) is 0 Å². The summed E-state index contributed by atoms with van der Waals surface area (Å²) in [5.74, 6) is 0.883. The fraction of sp³-hybridized carbons (Fsp3) is 0.556. The Morgan fingerprint density at radius 1 is 0.955 bits per heavy atom. The molecular weight excluding hydrogens is 272 g/mol. The number of nitrogens with zero attached hydrogens (tertiary/aromatic N) is 3. The summed E-state index contributed by atoms with van der Waals surface area (Å²) >= 11 is 0. The maximum absolute atomic E-state index is 4.59. The number of para-hydroxylation sites is 2. The Hall–Kier alpha value is -1.68. The van der Waals surface area contributed by atoms with Gasteiger partial charge in [-0.15, -0.1) is 0 Å². The molecule has 2 heterocycles. The molecule has 1 N–H and O–H groups in total. The SMILES string of the molecule is c1ccc2nc(NCCCCN3CCCCCC3)cnc2c1. The molecule has 3 rings (SSSR count). The Bertz CT molecular complexity index is 576. The highest BCUT2D eigenvalue weighted by atomic mass is 15.1. The number of rotatable bonds is 6. The molecule has 0 saturated carbocycles. The number of hydrogen-bond acceptors (Lipinski definition) is 4. The smallest absolute Gasteiger partial charge is 0.145 e. The normalized spacial score (nSPS) is 16.5. The van der Waals surface area contributed by atoms with E-state index < -0.39 is 0 Å². The number of fused-ring (bicyclic) bond motifs is 1. The fourth-order valence-electron chi connectivity index (χ4n) is 3.08. The van der Waals surface area contributed by atoms with Crippen molar-refractivity contribution in [2.45, 2.75) is 38.5 Å². The number of benzene rings is 1. The lowest BCUT2D eigenvalue weighted by Crippen LogP contribution is -2.26. The van der Waals surface area contributed by atoms with Gasteiger partial charge in [-0.3, -0.25) is 4.98 Å². The first kappa shape index (κ1) is 15.2. The fourth-order valence-corrected chi connectivity index (χ4v) is 3.08. The molecule has 0 aliphatic carbocycles. The van der Waals surface area contributed by atoms with Crippen LogP contribution in [0.3, 0.4) is 0 Å². The summed E-state index contributed by atoms with van der Waals surface area (Å²) < 4.78 is 0. The van der Waals surface area contributed by atoms with Crippen molar-refractivity contribution in [3.63, 3.8) is 0 Å². The van der Waals surface area contributed by atoms with Crippen molar-refractivity contribution < 1.29 is 0 Å². The van der Waals surface area contributed by atoms with Crippen molar-refractivity contribution in [1.29, 1.82) is 0 Å². The van der Waals surface area contributed by atoms with Crippen molar-refractivity contribution in [1.82, 2.24) is 14.9 Å². The van der Waals surface area contributed by atoms with Gasteiger partial charge < -0.3 is 10.2 Å². The lowest BCUT2D eigenvalue weighted by Gasteiger charge is -2.19. The summed E-state index contributed by atoms with van der Waals surface area (Å²) in [6, 6.07) is 8.00. The molecule has 1 aromatic carbocycles. The zero-order chi connectivity index (χ0) is 15.0. The molecule has 0 atom stereocenters. The Morgan fingerprint density at radius 3 is 2.55 bits per heavy atom. The average Bonchev–Trinajstić information content (AvgIpc) is 2.83. The molecule has 4 heteroatoms. The van der Waals surface area contributed by atoms with Crippen LogP contribution in [-0.4, -0.2) is 41.0 Å². The summed E-state index contributed by atoms with van der Waals surface area (Å²) in [6.07, 6.45) is 9.86. The molecule has 1 aromatic heterocycles. The standard InChI is InChI=1S/C18H26N4/c1-2-7-13-22(12-6-1)14-8-5-11-19-18-15-20-16-9-3-4-10-17(16)21-18/h3-4,9-10,15H,1-2,5-8,11-14H2,(H,19,21). The summed E-state index contributed by atoms with van der Waals surface area (Å²) in [5.41, 5.74) is 1.91. The van der Waals surface area contributed by atoms with Crippen LogP contribution in [0.25, 0.3) is 11.0 Å². The maximum atomic E-state index is 4.59. The topological polar surface area (TPSA) is 41.1 Å². The van der Waals surface area contributed by atoms with E-state index in [2.05, 4.69) is 20.2 Å². The third-order valence-corrected chi connectivity index (χ3v) is 4.35. The first-order valence-corrected chi connectivity index (χ1v) is 8.60. The monoisotopic (exact) mass is 298 g/mol. The van der Waals surface area contributed by atoms with Crippen LogP contribution in [-0.2, 0) is 0 Å². The van der Waals surface area contributed by atoms with Gasteiger partial charge in [-0.25, -0.2) is 4.98 Å². The lowest BCUT2D eigenvalue weighted by atomic mass is 10.2. The predicted molar refractivity (Wildman–Crippen MR) is 92.2 cm³/mol. The molecule has 0 amide bonds. The molecule has 0 unspecified atom stereocenters. The van der Waals surface area contributed by atoms with Gasteiger partial charge in [-0.05, 0) is 57.5 Å². The number of aromatic nitrogens is 2. The lowest BCUT2D eigenvalue weighted by molar-refractivity contribution is 0.280. The molecule has 1 aliphatic heterocycles. The highest BCUT2D eigenvalue weighted by Crippen LogP contribution is 2.12. The van der Waals surface area contributed by atoms with Gasteiger partial charge in [0, 0.05) is 6.54 Å². The molecule has 2 aromatic rings. The van der Waals surface area contributed by atoms with Gasteiger partial charge in [-0.2, -0.15) is 0 Å². The van der Waals surface area contributed by atoms with Crippen LogP contribution in [0.15, 0.2) is 30.5 Å². The Balaban J connectivity index is 1.38. The minimum absolute atomic E-state index is 0.883. The van der Waals surface area contributed by atoms with Gasteiger partial charge in [0.15, 0.2) is 0 Å². The van der Waals surface area contributed by atoms with Gasteiger partial charge in [0.1, 0.15) is 5.82 Å². The van der Waals surface area contributed by atoms with Gasteiger partial charge in [0.05, 0.1) is 17.2 Å². The third-order valence-electron chi connectivity index (χ3n) is 4.35. The number of anilines is 1. The Morgan fingerprint density at radius 2 is 1.73 bits per heavy atom. The first-order chi connectivity index (χ1) is 10.9. The van der Waals surface area contributed by atoms with Crippen molar-refractivity contribution in [3.05, 3.63) is 30.5 Å². The molecular formula is C18H26N4. The van der Waals surface area contributed by atoms with E-state index in [1.165, 1.54) is 58.2 Å². The summed E-state index contributed by atoms with van der Waals surface area (Å²) in [5, 5.41) is 3.39. The number of likely N-dealkylation sites (tertiary alicyclic amines) is 1. The van der Waals surface area contributed by atoms with Crippen molar-refractivity contribution in [3.8, 4) is 0 Å². The maximum Gasteiger partial charge on any atom is 0.145 e. The quantitative estimate of drug-likeness (QED) is 0.826. The Kier molecular flexibility index (Phi) is 5.59. The molecule has 0 spiro atoms. The van der Waals surface area contributed by atoms with E-state index in [1.807, 2.05) is 30.5 Å². The van der Waals surface area contributed by atoms with E-state index in [1.54, 1.807) is 0 Å². The van der Waals surface area contributed by atoms with Crippen molar-refractivity contribution in [2.75, 3.05) is 31.5 Å². The second kappa shape index (κ2) is 8.08. The molecule has 0 bridgehead atoms. The van der Waals surface area contributed by atoms with E-state index in [0.717, 1.165) is 23.4 Å². The number of unbranched alkanes of at least 4 members (excludes halogenated alkanes) is 1. The van der Waals surface area contributed by atoms with Crippen LogP contribution in [0, 0.1) is 0 Å². The summed E-state index contributed by atoms with van der Waals surface area (Å²) in [7, 11) is 0. The molecule has 118 valence electrons. The zero-order valence-electron chi connectivity index (χ0n) is 13.3. The van der Waals surface area contributed by atoms with E-state index in [4.69, 9.17) is 0 Å². The van der Waals surface area contributed by atoms with Gasteiger partial charge >= 0.3 is 0 Å². The second-order valence-electron chi connectivity index (χ2n) is 6.13. The van der Waals surface area contributed by atoms with Gasteiger partial charge in [0.25, 0.3) is 0 Å². The van der Waals surface area contributed by atoms with Crippen LogP contribution in [0.1, 0.15) is 38.5 Å². The van der Waals surface area contributed by atoms with Crippen molar-refractivity contribution in [2.24, 2.45) is 0 Å². The van der Waals surface area contributed by atoms with Crippen LogP contribution >= 0.6 is 0 Å². The summed E-state index contributed by atoms with van der Waals surface area (Å²) in [4.78, 5) is 11.6. The van der Waals surface area contributed by atoms with Crippen LogP contribution in [0.2, 0.25) is 0 Å². The second-order valence-corrected chi connectivity index (χ2v) is 6.13. The van der Waals surface area contributed by atoms with E-state index in [9.17, 15) is 0 Å². The minimum atomic E-state index is 0.883. The molecule has 0 radical (unpaired) electrons. The number of nitrogens with one attached hydrogen (secondary N) is 1. The van der Waals surface area contributed by atoms with E-state index in [-0.39, 0.29) is 0 Å². The van der Waals surface area contributed by atoms with Crippen molar-refractivity contribution >= 4 is 16.9 Å².